The third kappa shape index (κ3) is 6.42. The molecule has 1 aromatic carbocycles. The summed E-state index contributed by atoms with van der Waals surface area (Å²) in [5.74, 6) is -0.429. The van der Waals surface area contributed by atoms with Crippen LogP contribution in [0.15, 0.2) is 41.4 Å². The van der Waals surface area contributed by atoms with Crippen LogP contribution in [-0.2, 0) is 12.7 Å². The third-order valence-electron chi connectivity index (χ3n) is 4.99. The number of halogens is 4. The van der Waals surface area contributed by atoms with E-state index in [4.69, 9.17) is 0 Å². The van der Waals surface area contributed by atoms with Crippen molar-refractivity contribution >= 4 is 17.3 Å². The number of aliphatic imine (C=N–C) groups is 1. The molecule has 5 nitrogen and oxygen atoms in total. The molecule has 1 saturated carbocycles. The van der Waals surface area contributed by atoms with Crippen molar-refractivity contribution in [3.8, 4) is 0 Å². The summed E-state index contributed by atoms with van der Waals surface area (Å²) in [6.07, 6.45) is 4.37. The Labute approximate surface area is 185 Å². The van der Waals surface area contributed by atoms with Crippen LogP contribution in [0.25, 0.3) is 0 Å². The molecule has 1 aliphatic rings. The van der Waals surface area contributed by atoms with E-state index in [1.807, 2.05) is 26.0 Å². The lowest BCUT2D eigenvalue weighted by Crippen LogP contribution is -2.28. The number of nitrogens with one attached hydrogen (secondary N) is 1. The van der Waals surface area contributed by atoms with E-state index in [-0.39, 0.29) is 24.2 Å². The number of hydrogen-bond donors (Lipinski definition) is 1. The van der Waals surface area contributed by atoms with Crippen LogP contribution in [0.1, 0.15) is 44.2 Å². The van der Waals surface area contributed by atoms with Gasteiger partial charge in [-0.15, -0.1) is 0 Å². The molecule has 1 aliphatic carbocycles. The lowest BCUT2D eigenvalue weighted by Gasteiger charge is -2.21. The highest BCUT2D eigenvalue weighted by atomic mass is 19.4. The van der Waals surface area contributed by atoms with Crippen molar-refractivity contribution in [3.05, 3.63) is 59.7 Å². The van der Waals surface area contributed by atoms with E-state index in [1.165, 1.54) is 12.1 Å². The molecule has 0 saturated heterocycles. The van der Waals surface area contributed by atoms with Crippen LogP contribution in [-0.4, -0.2) is 29.8 Å². The molecule has 0 aliphatic heterocycles. The quantitative estimate of drug-likeness (QED) is 0.327. The summed E-state index contributed by atoms with van der Waals surface area (Å²) >= 11 is 0. The predicted molar refractivity (Wildman–Crippen MR) is 115 cm³/mol. The first-order chi connectivity index (χ1) is 15.3. The van der Waals surface area contributed by atoms with Gasteiger partial charge in [0, 0.05) is 24.8 Å². The van der Waals surface area contributed by atoms with Gasteiger partial charge in [0.05, 0.1) is 12.1 Å². The van der Waals surface area contributed by atoms with Gasteiger partial charge in [0.25, 0.3) is 11.6 Å². The highest BCUT2D eigenvalue weighted by Gasteiger charge is 2.35. The van der Waals surface area contributed by atoms with Gasteiger partial charge in [-0.25, -0.2) is 0 Å². The molecule has 9 heteroatoms. The van der Waals surface area contributed by atoms with Crippen molar-refractivity contribution in [1.82, 2.24) is 4.98 Å². The standard InChI is InChI=1S/C23H25F4N5/c1-3-28-16(2)6-4-5-13-29-21-20(24)22(31-15-30-21)32(19-11-12-19)14-17-7-9-18(10-8-17)23(25,26)27/h4,6-10,19H,3,5,11-14H2,1-2H3/p+1/b6-4-,28-16?. The molecule has 1 fully saturated rings. The monoisotopic (exact) mass is 448 g/mol. The van der Waals surface area contributed by atoms with Gasteiger partial charge in [-0.3, -0.25) is 10.3 Å². The van der Waals surface area contributed by atoms with Gasteiger partial charge >= 0.3 is 18.3 Å². The predicted octanol–water partition coefficient (Wildman–Crippen LogP) is 4.65. The van der Waals surface area contributed by atoms with Gasteiger partial charge in [0.1, 0.15) is 0 Å². The normalized spacial score (nSPS) is 14.5. The maximum absolute atomic E-state index is 15.1. The summed E-state index contributed by atoms with van der Waals surface area (Å²) in [6, 6.07) is 4.99. The van der Waals surface area contributed by atoms with E-state index in [1.54, 1.807) is 4.90 Å². The number of anilines is 2. The number of rotatable bonds is 10. The molecule has 0 bridgehead atoms. The average Bonchev–Trinajstić information content (AvgIpc) is 3.58. The molecule has 3 rings (SSSR count). The smallest absolute Gasteiger partial charge is 0.332 e. The summed E-state index contributed by atoms with van der Waals surface area (Å²) in [5, 5.41) is 2.96. The number of benzene rings is 1. The number of aromatic nitrogens is 2. The maximum atomic E-state index is 15.1. The van der Waals surface area contributed by atoms with E-state index < -0.39 is 17.6 Å². The molecule has 32 heavy (non-hydrogen) atoms. The van der Waals surface area contributed by atoms with Crippen LogP contribution >= 0.6 is 0 Å². The lowest BCUT2D eigenvalue weighted by atomic mass is 10.1. The number of hydrogen-bond acceptors (Lipinski definition) is 4. The van der Waals surface area contributed by atoms with E-state index in [9.17, 15) is 13.2 Å². The molecule has 0 unspecified atom stereocenters. The number of allylic oxidation sites excluding steroid dienone is 1. The molecule has 0 spiro atoms. The summed E-state index contributed by atoms with van der Waals surface area (Å²) in [7, 11) is 0. The fourth-order valence-electron chi connectivity index (χ4n) is 3.22. The number of nitrogens with zero attached hydrogens (tertiary/aromatic N) is 4. The Balaban J connectivity index is 1.68. The molecule has 1 heterocycles. The van der Waals surface area contributed by atoms with Crippen LogP contribution < -0.4 is 15.2 Å². The Bertz CT molecular complexity index is 950. The fourth-order valence-corrected chi connectivity index (χ4v) is 3.22. The first kappa shape index (κ1) is 23.5. The second-order valence-electron chi connectivity index (χ2n) is 7.60. The first-order valence-electron chi connectivity index (χ1n) is 10.6. The second kappa shape index (κ2) is 10.4. The van der Waals surface area contributed by atoms with E-state index in [0.717, 1.165) is 37.2 Å². The van der Waals surface area contributed by atoms with Crippen molar-refractivity contribution in [2.24, 2.45) is 4.99 Å². The number of alkyl halides is 3. The minimum Gasteiger partial charge on any atom is -0.332 e. The van der Waals surface area contributed by atoms with Crippen molar-refractivity contribution in [1.29, 1.82) is 0 Å². The molecule has 1 aromatic heterocycles. The van der Waals surface area contributed by atoms with Crippen molar-refractivity contribution in [2.45, 2.75) is 51.9 Å². The largest absolute Gasteiger partial charge is 0.416 e. The minimum atomic E-state index is -4.39. The van der Waals surface area contributed by atoms with Crippen molar-refractivity contribution in [3.63, 3.8) is 0 Å². The molecule has 0 amide bonds. The van der Waals surface area contributed by atoms with Gasteiger partial charge in [-0.1, -0.05) is 18.2 Å². The van der Waals surface area contributed by atoms with E-state index in [2.05, 4.69) is 26.6 Å². The minimum absolute atomic E-state index is 0.0559. The Morgan fingerprint density at radius 3 is 2.66 bits per heavy atom. The third-order valence-corrected chi connectivity index (χ3v) is 4.99. The topological polar surface area (TPSA) is 54.6 Å². The SMILES string of the molecule is CCN=C(C)/C=C\CCNc1[n+]#cnc(N(Cc2ccc(C(F)(F)F)cc2)C2CC2)c1F. The summed E-state index contributed by atoms with van der Waals surface area (Å²) in [4.78, 5) is 13.9. The van der Waals surface area contributed by atoms with E-state index >= 15 is 4.39 Å². The molecular weight excluding hydrogens is 422 g/mol. The maximum Gasteiger partial charge on any atom is 0.416 e. The molecule has 170 valence electrons. The van der Waals surface area contributed by atoms with Crippen molar-refractivity contribution < 1.29 is 22.5 Å². The molecule has 0 atom stereocenters. The zero-order valence-corrected chi connectivity index (χ0v) is 18.1. The van der Waals surface area contributed by atoms with Crippen LogP contribution in [0.5, 0.6) is 0 Å². The van der Waals surface area contributed by atoms with Crippen molar-refractivity contribution in [2.75, 3.05) is 23.3 Å². The van der Waals surface area contributed by atoms with Gasteiger partial charge in [0.15, 0.2) is 0 Å². The Morgan fingerprint density at radius 1 is 1.31 bits per heavy atom. The Morgan fingerprint density at radius 2 is 2.03 bits per heavy atom. The Kier molecular flexibility index (Phi) is 7.67. The van der Waals surface area contributed by atoms with Gasteiger partial charge < -0.3 is 4.90 Å². The van der Waals surface area contributed by atoms with E-state index in [0.29, 0.717) is 18.5 Å². The second-order valence-corrected chi connectivity index (χ2v) is 7.60. The molecule has 0 radical (unpaired) electrons. The zero-order chi connectivity index (χ0) is 23.1. The van der Waals surface area contributed by atoms with Gasteiger partial charge in [-0.05, 0) is 61.9 Å². The fraction of sp³-hybridized carbons (Fsp3) is 0.435. The molecule has 2 aromatic rings. The zero-order valence-electron chi connectivity index (χ0n) is 18.1. The highest BCUT2D eigenvalue weighted by molar-refractivity contribution is 5.92. The van der Waals surface area contributed by atoms with Crippen LogP contribution in [0, 0.1) is 12.1 Å². The highest BCUT2D eigenvalue weighted by Crippen LogP contribution is 2.34. The first-order valence-corrected chi connectivity index (χ1v) is 10.6. The summed E-state index contributed by atoms with van der Waals surface area (Å²) in [5.41, 5.74) is 0.865. The lowest BCUT2D eigenvalue weighted by molar-refractivity contribution is -0.282. The van der Waals surface area contributed by atoms with Crippen LogP contribution in [0.4, 0.5) is 29.2 Å². The average molecular weight is 448 g/mol. The summed E-state index contributed by atoms with van der Waals surface area (Å²) in [6.45, 7) is 5.33. The van der Waals surface area contributed by atoms with Gasteiger partial charge in [0.2, 0.25) is 0 Å². The van der Waals surface area contributed by atoms with Crippen LogP contribution in [0.3, 0.4) is 0 Å². The summed E-state index contributed by atoms with van der Waals surface area (Å²) < 4.78 is 53.6. The van der Waals surface area contributed by atoms with Gasteiger partial charge in [-0.2, -0.15) is 22.5 Å². The molecule has 1 N–H and O–H groups in total. The van der Waals surface area contributed by atoms with Crippen LogP contribution in [0.2, 0.25) is 0 Å². The Hall–Kier alpha value is -3.15. The molecular formula is C23H26F4N5+.